The number of rotatable bonds is 9. The highest BCUT2D eigenvalue weighted by Crippen LogP contribution is 2.28. The zero-order valence-corrected chi connectivity index (χ0v) is 20.7. The molecule has 0 spiro atoms. The first-order valence-electron chi connectivity index (χ1n) is 11.1. The minimum absolute atomic E-state index is 0.0868. The first-order valence-corrected chi connectivity index (χ1v) is 12.9. The van der Waals surface area contributed by atoms with Crippen molar-refractivity contribution >= 4 is 44.0 Å². The van der Waals surface area contributed by atoms with E-state index in [0.717, 1.165) is 26.4 Å². The number of fused-ring (bicyclic) bond motifs is 1. The highest BCUT2D eigenvalue weighted by atomic mass is 35.5. The fourth-order valence-electron chi connectivity index (χ4n) is 3.63. The number of hydrogen-bond acceptors (Lipinski definition) is 4. The van der Waals surface area contributed by atoms with Crippen LogP contribution >= 0.6 is 11.6 Å². The van der Waals surface area contributed by atoms with E-state index in [2.05, 4.69) is 5.32 Å². The number of sulfonamides is 1. The molecule has 0 bridgehead atoms. The van der Waals surface area contributed by atoms with Gasteiger partial charge in [0.2, 0.25) is 5.91 Å². The minimum atomic E-state index is -3.99. The van der Waals surface area contributed by atoms with Gasteiger partial charge in [-0.2, -0.15) is 0 Å². The molecule has 4 rings (SSSR count). The standard InChI is InChI=1S/C27H25ClN2O4S/c1-20-14-15-22(18-25(20)28)30(35(32,33)23-10-3-2-4-11-23)19-27(31)29-16-17-34-26-13-7-9-21-8-5-6-12-24(21)26/h2-15,18H,16-17,19H2,1H3,(H,29,31). The second-order valence-electron chi connectivity index (χ2n) is 7.93. The summed E-state index contributed by atoms with van der Waals surface area (Å²) in [6.45, 7) is 1.88. The number of hydrogen-bond donors (Lipinski definition) is 1. The van der Waals surface area contributed by atoms with E-state index in [-0.39, 0.29) is 18.0 Å². The van der Waals surface area contributed by atoms with Gasteiger partial charge in [-0.3, -0.25) is 9.10 Å². The molecule has 0 heterocycles. The van der Waals surface area contributed by atoms with E-state index >= 15 is 0 Å². The van der Waals surface area contributed by atoms with E-state index < -0.39 is 22.5 Å². The van der Waals surface area contributed by atoms with Crippen LogP contribution < -0.4 is 14.4 Å². The first kappa shape index (κ1) is 24.6. The molecule has 0 fully saturated rings. The molecule has 0 aliphatic heterocycles. The number of aryl methyl sites for hydroxylation is 1. The third kappa shape index (κ3) is 5.75. The van der Waals surface area contributed by atoms with E-state index in [0.29, 0.717) is 10.7 Å². The Kier molecular flexibility index (Phi) is 7.58. The maximum atomic E-state index is 13.4. The Labute approximate surface area is 210 Å². The van der Waals surface area contributed by atoms with Gasteiger partial charge in [-0.25, -0.2) is 8.42 Å². The summed E-state index contributed by atoms with van der Waals surface area (Å²) in [4.78, 5) is 12.9. The molecule has 8 heteroatoms. The number of nitrogens with zero attached hydrogens (tertiary/aromatic N) is 1. The van der Waals surface area contributed by atoms with Gasteiger partial charge >= 0.3 is 0 Å². The quantitative estimate of drug-likeness (QED) is 0.316. The fraction of sp³-hybridized carbons (Fsp3) is 0.148. The highest BCUT2D eigenvalue weighted by Gasteiger charge is 2.27. The molecular formula is C27H25ClN2O4S. The molecular weight excluding hydrogens is 484 g/mol. The second kappa shape index (κ2) is 10.8. The smallest absolute Gasteiger partial charge is 0.264 e. The molecule has 0 aliphatic carbocycles. The zero-order valence-electron chi connectivity index (χ0n) is 19.1. The van der Waals surface area contributed by atoms with Crippen molar-refractivity contribution in [3.8, 4) is 5.75 Å². The number of amides is 1. The van der Waals surface area contributed by atoms with Crippen LogP contribution in [0.3, 0.4) is 0 Å². The van der Waals surface area contributed by atoms with Gasteiger partial charge in [0.05, 0.1) is 17.1 Å². The molecule has 4 aromatic rings. The van der Waals surface area contributed by atoms with Crippen molar-refractivity contribution in [2.75, 3.05) is 24.0 Å². The van der Waals surface area contributed by atoms with Crippen molar-refractivity contribution in [1.82, 2.24) is 5.32 Å². The fourth-order valence-corrected chi connectivity index (χ4v) is 5.24. The Morgan fingerprint density at radius 1 is 0.943 bits per heavy atom. The third-order valence-corrected chi connectivity index (χ3v) is 7.69. The Morgan fingerprint density at radius 3 is 2.43 bits per heavy atom. The number of anilines is 1. The molecule has 0 atom stereocenters. The summed E-state index contributed by atoms with van der Waals surface area (Å²) in [6.07, 6.45) is 0. The van der Waals surface area contributed by atoms with Gasteiger partial charge in [0, 0.05) is 10.4 Å². The summed E-state index contributed by atoms with van der Waals surface area (Å²) >= 11 is 6.25. The van der Waals surface area contributed by atoms with Crippen LogP contribution in [0.1, 0.15) is 5.56 Å². The Bertz CT molecular complexity index is 1440. The molecule has 0 aromatic heterocycles. The summed E-state index contributed by atoms with van der Waals surface area (Å²) in [5.74, 6) is 0.266. The van der Waals surface area contributed by atoms with Crippen molar-refractivity contribution in [1.29, 1.82) is 0 Å². The zero-order chi connectivity index (χ0) is 24.8. The molecule has 1 N–H and O–H groups in total. The van der Waals surface area contributed by atoms with E-state index in [4.69, 9.17) is 16.3 Å². The topological polar surface area (TPSA) is 75.7 Å². The molecule has 180 valence electrons. The molecule has 6 nitrogen and oxygen atoms in total. The average molecular weight is 509 g/mol. The van der Waals surface area contributed by atoms with Crippen molar-refractivity contribution < 1.29 is 17.9 Å². The molecule has 35 heavy (non-hydrogen) atoms. The summed E-state index contributed by atoms with van der Waals surface area (Å²) < 4.78 is 33.7. The molecule has 0 unspecified atom stereocenters. The van der Waals surface area contributed by atoms with Gasteiger partial charge in [-0.05, 0) is 48.2 Å². The molecule has 0 radical (unpaired) electrons. The Balaban J connectivity index is 1.45. The average Bonchev–Trinajstić information content (AvgIpc) is 2.87. The normalized spacial score (nSPS) is 11.3. The van der Waals surface area contributed by atoms with Gasteiger partial charge in [0.1, 0.15) is 18.9 Å². The van der Waals surface area contributed by atoms with Crippen molar-refractivity contribution in [2.45, 2.75) is 11.8 Å². The number of halogens is 1. The monoisotopic (exact) mass is 508 g/mol. The highest BCUT2D eigenvalue weighted by molar-refractivity contribution is 7.92. The van der Waals surface area contributed by atoms with Gasteiger partial charge in [0.25, 0.3) is 10.0 Å². The SMILES string of the molecule is Cc1ccc(N(CC(=O)NCCOc2cccc3ccccc23)S(=O)(=O)c2ccccc2)cc1Cl. The summed E-state index contributed by atoms with van der Waals surface area (Å²) in [7, 11) is -3.99. The van der Waals surface area contributed by atoms with Crippen LogP contribution in [-0.2, 0) is 14.8 Å². The predicted octanol–water partition coefficient (Wildman–Crippen LogP) is 5.19. The molecule has 0 saturated heterocycles. The Hall–Kier alpha value is -3.55. The van der Waals surface area contributed by atoms with Crippen molar-refractivity contribution in [2.24, 2.45) is 0 Å². The first-order chi connectivity index (χ1) is 16.9. The van der Waals surface area contributed by atoms with Crippen LogP contribution in [0.15, 0.2) is 95.9 Å². The van der Waals surface area contributed by atoms with Crippen LogP contribution in [0.5, 0.6) is 5.75 Å². The minimum Gasteiger partial charge on any atom is -0.491 e. The second-order valence-corrected chi connectivity index (χ2v) is 10.2. The lowest BCUT2D eigenvalue weighted by Gasteiger charge is -2.24. The maximum Gasteiger partial charge on any atom is 0.264 e. The summed E-state index contributed by atoms with van der Waals surface area (Å²) in [6, 6.07) is 26.6. The third-order valence-electron chi connectivity index (χ3n) is 5.49. The van der Waals surface area contributed by atoms with Crippen LogP contribution in [0, 0.1) is 6.92 Å². The number of ether oxygens (including phenoxy) is 1. The maximum absolute atomic E-state index is 13.4. The van der Waals surface area contributed by atoms with E-state index in [9.17, 15) is 13.2 Å². The molecule has 0 aliphatic rings. The number of benzene rings is 4. The van der Waals surface area contributed by atoms with Crippen molar-refractivity contribution in [3.05, 3.63) is 102 Å². The van der Waals surface area contributed by atoms with E-state index in [1.807, 2.05) is 49.4 Å². The summed E-state index contributed by atoms with van der Waals surface area (Å²) in [5.41, 5.74) is 1.12. The lowest BCUT2D eigenvalue weighted by Crippen LogP contribution is -2.42. The van der Waals surface area contributed by atoms with Gasteiger partial charge in [-0.15, -0.1) is 0 Å². The van der Waals surface area contributed by atoms with Crippen LogP contribution in [0.4, 0.5) is 5.69 Å². The largest absolute Gasteiger partial charge is 0.491 e. The Morgan fingerprint density at radius 2 is 1.66 bits per heavy atom. The molecule has 0 saturated carbocycles. The number of carbonyl (C=O) groups excluding carboxylic acids is 1. The lowest BCUT2D eigenvalue weighted by atomic mass is 10.1. The lowest BCUT2D eigenvalue weighted by molar-refractivity contribution is -0.119. The summed E-state index contributed by atoms with van der Waals surface area (Å²) in [5, 5.41) is 5.21. The van der Waals surface area contributed by atoms with Crippen LogP contribution in [-0.4, -0.2) is 34.0 Å². The van der Waals surface area contributed by atoms with Crippen LogP contribution in [0.25, 0.3) is 10.8 Å². The molecule has 4 aromatic carbocycles. The van der Waals surface area contributed by atoms with Crippen LogP contribution in [0.2, 0.25) is 5.02 Å². The van der Waals surface area contributed by atoms with Crippen molar-refractivity contribution in [3.63, 3.8) is 0 Å². The van der Waals surface area contributed by atoms with Gasteiger partial charge in [0.15, 0.2) is 0 Å². The number of carbonyl (C=O) groups is 1. The van der Waals surface area contributed by atoms with Gasteiger partial charge < -0.3 is 10.1 Å². The number of nitrogens with one attached hydrogen (secondary N) is 1. The van der Waals surface area contributed by atoms with Gasteiger partial charge in [-0.1, -0.05) is 72.3 Å². The predicted molar refractivity (Wildman–Crippen MR) is 140 cm³/mol. The van der Waals surface area contributed by atoms with E-state index in [1.54, 1.807) is 36.4 Å². The molecule has 1 amide bonds. The van der Waals surface area contributed by atoms with E-state index in [1.165, 1.54) is 12.1 Å².